The molecular formula is C21H21ClN2O4. The Morgan fingerprint density at radius 1 is 1.18 bits per heavy atom. The van der Waals surface area contributed by atoms with Gasteiger partial charge in [-0.25, -0.2) is 4.79 Å². The first kappa shape index (κ1) is 19.8. The minimum absolute atomic E-state index is 0.180. The van der Waals surface area contributed by atoms with E-state index >= 15 is 0 Å². The van der Waals surface area contributed by atoms with Crippen molar-refractivity contribution >= 4 is 29.6 Å². The second-order valence-corrected chi connectivity index (χ2v) is 6.80. The lowest BCUT2D eigenvalue weighted by molar-refractivity contribution is -0.121. The predicted molar refractivity (Wildman–Crippen MR) is 107 cm³/mol. The smallest absolute Gasteiger partial charge is 0.328 e. The summed E-state index contributed by atoms with van der Waals surface area (Å²) in [6.45, 7) is 4.65. The summed E-state index contributed by atoms with van der Waals surface area (Å²) in [7, 11) is 1.42. The highest BCUT2D eigenvalue weighted by Crippen LogP contribution is 2.38. The first-order chi connectivity index (χ1) is 13.4. The molecule has 2 aromatic rings. The minimum atomic E-state index is -0.467. The minimum Gasteiger partial charge on any atom is -0.490 e. The van der Waals surface area contributed by atoms with Gasteiger partial charge in [-0.1, -0.05) is 41.4 Å². The second-order valence-electron chi connectivity index (χ2n) is 6.39. The highest BCUT2D eigenvalue weighted by Gasteiger charge is 2.30. The fourth-order valence-electron chi connectivity index (χ4n) is 2.82. The Kier molecular flexibility index (Phi) is 5.90. The number of nitrogens with zero attached hydrogens (tertiary/aromatic N) is 1. The molecule has 0 aliphatic carbocycles. The Hall–Kier alpha value is -2.99. The lowest BCUT2D eigenvalue weighted by atomic mass is 10.1. The van der Waals surface area contributed by atoms with Crippen LogP contribution in [0.4, 0.5) is 4.79 Å². The number of rotatable bonds is 6. The van der Waals surface area contributed by atoms with Crippen LogP contribution < -0.4 is 14.8 Å². The number of carbonyl (C=O) groups excluding carboxylic acids is 2. The van der Waals surface area contributed by atoms with Gasteiger partial charge in [-0.15, -0.1) is 0 Å². The van der Waals surface area contributed by atoms with Gasteiger partial charge in [0.2, 0.25) is 0 Å². The summed E-state index contributed by atoms with van der Waals surface area (Å²) in [6.07, 6.45) is 1.56. The second kappa shape index (κ2) is 8.35. The Bertz CT molecular complexity index is 955. The zero-order valence-electron chi connectivity index (χ0n) is 15.9. The summed E-state index contributed by atoms with van der Waals surface area (Å²) in [4.78, 5) is 24.7. The van der Waals surface area contributed by atoms with E-state index in [9.17, 15) is 9.59 Å². The zero-order valence-corrected chi connectivity index (χ0v) is 16.7. The molecule has 1 N–H and O–H groups in total. The molecule has 0 saturated carbocycles. The molecule has 0 radical (unpaired) electrons. The summed E-state index contributed by atoms with van der Waals surface area (Å²) in [5.41, 5.74) is 2.97. The molecule has 1 fully saturated rings. The molecular weight excluding hydrogens is 380 g/mol. The fourth-order valence-corrected chi connectivity index (χ4v) is 3.10. The number of hydrogen-bond donors (Lipinski definition) is 1. The number of urea groups is 1. The van der Waals surface area contributed by atoms with E-state index in [0.29, 0.717) is 35.3 Å². The number of ether oxygens (including phenoxy) is 2. The van der Waals surface area contributed by atoms with Crippen molar-refractivity contribution in [3.63, 3.8) is 0 Å². The molecule has 3 amide bonds. The van der Waals surface area contributed by atoms with Crippen molar-refractivity contribution in [2.24, 2.45) is 0 Å². The zero-order chi connectivity index (χ0) is 20.3. The maximum atomic E-state index is 12.1. The van der Waals surface area contributed by atoms with Crippen LogP contribution in [-0.4, -0.2) is 30.5 Å². The average molecular weight is 401 g/mol. The van der Waals surface area contributed by atoms with Gasteiger partial charge in [0.05, 0.1) is 11.6 Å². The standard InChI is InChI=1S/C21H21ClN2O4/c1-4-27-18-11-15(10-17-20(25)24(3)21(26)23-17)9-16(22)19(18)28-12-14-7-5-6-13(2)8-14/h5-11H,4,12H2,1-3H3,(H,23,26)/b17-10+. The SMILES string of the molecule is CCOc1cc(/C=C2/NC(=O)N(C)C2=O)cc(Cl)c1OCc1cccc(C)c1. The Labute approximate surface area is 168 Å². The number of benzene rings is 2. The van der Waals surface area contributed by atoms with E-state index in [1.165, 1.54) is 7.05 Å². The fraction of sp³-hybridized carbons (Fsp3) is 0.238. The molecule has 28 heavy (non-hydrogen) atoms. The van der Waals surface area contributed by atoms with E-state index in [1.807, 2.05) is 38.1 Å². The van der Waals surface area contributed by atoms with E-state index in [4.69, 9.17) is 21.1 Å². The maximum Gasteiger partial charge on any atom is 0.328 e. The molecule has 3 rings (SSSR count). The van der Waals surface area contributed by atoms with Crippen molar-refractivity contribution in [1.82, 2.24) is 10.2 Å². The molecule has 1 aliphatic heterocycles. The lowest BCUT2D eigenvalue weighted by Crippen LogP contribution is -2.25. The third kappa shape index (κ3) is 4.28. The number of carbonyl (C=O) groups is 2. The molecule has 6 nitrogen and oxygen atoms in total. The van der Waals surface area contributed by atoms with Gasteiger partial charge in [-0.05, 0) is 43.2 Å². The van der Waals surface area contributed by atoms with Crippen LogP contribution in [0, 0.1) is 6.92 Å². The van der Waals surface area contributed by atoms with Gasteiger partial charge < -0.3 is 14.8 Å². The molecule has 0 aromatic heterocycles. The van der Waals surface area contributed by atoms with Crippen molar-refractivity contribution in [1.29, 1.82) is 0 Å². The van der Waals surface area contributed by atoms with Crippen molar-refractivity contribution < 1.29 is 19.1 Å². The van der Waals surface area contributed by atoms with Gasteiger partial charge in [-0.2, -0.15) is 0 Å². The topological polar surface area (TPSA) is 67.9 Å². The number of likely N-dealkylation sites (N-methyl/N-ethyl adjacent to an activating group) is 1. The van der Waals surface area contributed by atoms with Gasteiger partial charge in [-0.3, -0.25) is 9.69 Å². The Morgan fingerprint density at radius 3 is 2.61 bits per heavy atom. The van der Waals surface area contributed by atoms with Crippen molar-refractivity contribution in [2.75, 3.05) is 13.7 Å². The maximum absolute atomic E-state index is 12.1. The third-order valence-electron chi connectivity index (χ3n) is 4.19. The molecule has 1 heterocycles. The molecule has 1 saturated heterocycles. The molecule has 7 heteroatoms. The van der Waals surface area contributed by atoms with Crippen LogP contribution in [0.2, 0.25) is 5.02 Å². The van der Waals surface area contributed by atoms with E-state index in [1.54, 1.807) is 18.2 Å². The van der Waals surface area contributed by atoms with Gasteiger partial charge >= 0.3 is 6.03 Å². The largest absolute Gasteiger partial charge is 0.490 e. The quantitative estimate of drug-likeness (QED) is 0.584. The Balaban J connectivity index is 1.88. The summed E-state index contributed by atoms with van der Waals surface area (Å²) in [5.74, 6) is 0.504. The van der Waals surface area contributed by atoms with Crippen LogP contribution in [-0.2, 0) is 11.4 Å². The molecule has 1 aliphatic rings. The van der Waals surface area contributed by atoms with Crippen LogP contribution >= 0.6 is 11.6 Å². The molecule has 2 aromatic carbocycles. The number of imide groups is 1. The van der Waals surface area contributed by atoms with Crippen LogP contribution in [0.15, 0.2) is 42.1 Å². The predicted octanol–water partition coefficient (Wildman–Crippen LogP) is 4.15. The number of halogens is 1. The molecule has 0 atom stereocenters. The van der Waals surface area contributed by atoms with Gasteiger partial charge in [0.25, 0.3) is 5.91 Å². The molecule has 0 bridgehead atoms. The van der Waals surface area contributed by atoms with Crippen LogP contribution in [0.5, 0.6) is 11.5 Å². The summed E-state index contributed by atoms with van der Waals surface area (Å²) in [6, 6.07) is 10.9. The van der Waals surface area contributed by atoms with E-state index in [2.05, 4.69) is 5.32 Å². The Morgan fingerprint density at radius 2 is 1.96 bits per heavy atom. The monoisotopic (exact) mass is 400 g/mol. The summed E-state index contributed by atoms with van der Waals surface area (Å²) in [5, 5.41) is 2.88. The first-order valence-electron chi connectivity index (χ1n) is 8.84. The number of amides is 3. The normalized spacial score (nSPS) is 15.1. The highest BCUT2D eigenvalue weighted by molar-refractivity contribution is 6.32. The number of nitrogens with one attached hydrogen (secondary N) is 1. The van der Waals surface area contributed by atoms with Crippen LogP contribution in [0.25, 0.3) is 6.08 Å². The average Bonchev–Trinajstić information content (AvgIpc) is 2.88. The van der Waals surface area contributed by atoms with E-state index in [0.717, 1.165) is 16.0 Å². The van der Waals surface area contributed by atoms with Gasteiger partial charge in [0.1, 0.15) is 12.3 Å². The molecule has 146 valence electrons. The number of aryl methyl sites for hydroxylation is 1. The van der Waals surface area contributed by atoms with Crippen molar-refractivity contribution in [3.05, 3.63) is 63.8 Å². The van der Waals surface area contributed by atoms with Crippen molar-refractivity contribution in [2.45, 2.75) is 20.5 Å². The molecule has 0 unspecified atom stereocenters. The molecule has 0 spiro atoms. The van der Waals surface area contributed by atoms with E-state index < -0.39 is 11.9 Å². The number of hydrogen-bond acceptors (Lipinski definition) is 4. The van der Waals surface area contributed by atoms with E-state index in [-0.39, 0.29) is 5.70 Å². The third-order valence-corrected chi connectivity index (χ3v) is 4.47. The lowest BCUT2D eigenvalue weighted by Gasteiger charge is -2.15. The van der Waals surface area contributed by atoms with Crippen LogP contribution in [0.3, 0.4) is 0 Å². The van der Waals surface area contributed by atoms with Crippen molar-refractivity contribution in [3.8, 4) is 11.5 Å². The highest BCUT2D eigenvalue weighted by atomic mass is 35.5. The summed E-state index contributed by atoms with van der Waals surface area (Å²) >= 11 is 6.43. The summed E-state index contributed by atoms with van der Waals surface area (Å²) < 4.78 is 11.6. The van der Waals surface area contributed by atoms with Crippen LogP contribution in [0.1, 0.15) is 23.6 Å². The van der Waals surface area contributed by atoms with Gasteiger partial charge in [0, 0.05) is 7.05 Å². The van der Waals surface area contributed by atoms with Gasteiger partial charge in [0.15, 0.2) is 11.5 Å². The first-order valence-corrected chi connectivity index (χ1v) is 9.22.